The van der Waals surface area contributed by atoms with Crippen LogP contribution in [0.3, 0.4) is 0 Å². The molecule has 7 heteroatoms. The second kappa shape index (κ2) is 7.96. The molecule has 1 saturated heterocycles. The van der Waals surface area contributed by atoms with E-state index in [0.29, 0.717) is 19.1 Å². The lowest BCUT2D eigenvalue weighted by atomic mass is 9.95. The summed E-state index contributed by atoms with van der Waals surface area (Å²) in [5.74, 6) is -1.45. The summed E-state index contributed by atoms with van der Waals surface area (Å²) in [6.07, 6.45) is -0.424. The maximum Gasteiger partial charge on any atom is 0.313 e. The van der Waals surface area contributed by atoms with Gasteiger partial charge in [0.25, 0.3) is 0 Å². The van der Waals surface area contributed by atoms with Crippen LogP contribution in [-0.4, -0.2) is 50.4 Å². The predicted octanol–water partition coefficient (Wildman–Crippen LogP) is 0.448. The first-order valence-corrected chi connectivity index (χ1v) is 6.43. The molecule has 0 radical (unpaired) electrons. The van der Waals surface area contributed by atoms with E-state index in [1.807, 2.05) is 0 Å². The van der Waals surface area contributed by atoms with Gasteiger partial charge in [-0.25, -0.2) is 0 Å². The molecule has 1 aliphatic rings. The van der Waals surface area contributed by atoms with Crippen molar-refractivity contribution in [3.05, 3.63) is 0 Å². The van der Waals surface area contributed by atoms with Crippen LogP contribution in [-0.2, 0) is 33.3 Å². The molecule has 1 fully saturated rings. The smallest absolute Gasteiger partial charge is 0.313 e. The van der Waals surface area contributed by atoms with Gasteiger partial charge in [-0.1, -0.05) is 0 Å². The highest BCUT2D eigenvalue weighted by Crippen LogP contribution is 2.29. The first-order valence-electron chi connectivity index (χ1n) is 6.43. The van der Waals surface area contributed by atoms with Crippen molar-refractivity contribution in [1.29, 1.82) is 0 Å². The summed E-state index contributed by atoms with van der Waals surface area (Å²) in [6, 6.07) is 0. The molecule has 1 heterocycles. The quantitative estimate of drug-likeness (QED) is 0.364. The van der Waals surface area contributed by atoms with Gasteiger partial charge in [-0.2, -0.15) is 0 Å². The van der Waals surface area contributed by atoms with E-state index in [1.165, 1.54) is 14.0 Å². The molecule has 2 unspecified atom stereocenters. The lowest BCUT2D eigenvalue weighted by Gasteiger charge is -2.19. The van der Waals surface area contributed by atoms with E-state index in [0.717, 1.165) is 0 Å². The summed E-state index contributed by atoms with van der Waals surface area (Å²) in [5.41, 5.74) is 0. The molecule has 7 nitrogen and oxygen atoms in total. The van der Waals surface area contributed by atoms with E-state index < -0.39 is 36.2 Å². The van der Waals surface area contributed by atoms with E-state index in [2.05, 4.69) is 0 Å². The highest BCUT2D eigenvalue weighted by atomic mass is 16.7. The topological polar surface area (TPSA) is 88.1 Å². The van der Waals surface area contributed by atoms with Crippen molar-refractivity contribution in [1.82, 2.24) is 0 Å². The van der Waals surface area contributed by atoms with E-state index in [9.17, 15) is 14.4 Å². The minimum Gasteiger partial charge on any atom is -0.458 e. The molecule has 1 rings (SSSR count). The first kappa shape index (κ1) is 16.6. The number of ether oxygens (including phenoxy) is 4. The van der Waals surface area contributed by atoms with Gasteiger partial charge in [-0.3, -0.25) is 9.59 Å². The maximum absolute atomic E-state index is 11.7. The normalized spacial score (nSPS) is 26.9. The van der Waals surface area contributed by atoms with Gasteiger partial charge in [0.05, 0.1) is 5.92 Å². The van der Waals surface area contributed by atoms with Gasteiger partial charge in [-0.15, -0.1) is 0 Å². The average molecular weight is 288 g/mol. The van der Waals surface area contributed by atoms with Gasteiger partial charge in [0.1, 0.15) is 25.3 Å². The van der Waals surface area contributed by atoms with E-state index >= 15 is 0 Å². The van der Waals surface area contributed by atoms with Gasteiger partial charge in [0.2, 0.25) is 0 Å². The predicted molar refractivity (Wildman–Crippen MR) is 66.6 cm³/mol. The summed E-state index contributed by atoms with van der Waals surface area (Å²) in [4.78, 5) is 33.6. The Balaban J connectivity index is 2.56. The van der Waals surface area contributed by atoms with Crippen LogP contribution in [0.25, 0.3) is 0 Å². The third-order valence-electron chi connectivity index (χ3n) is 3.08. The number of hydrogen-bond donors (Lipinski definition) is 0. The highest BCUT2D eigenvalue weighted by Gasteiger charge is 2.44. The lowest BCUT2D eigenvalue weighted by Crippen LogP contribution is -2.31. The van der Waals surface area contributed by atoms with E-state index in [-0.39, 0.29) is 6.79 Å². The third kappa shape index (κ3) is 4.57. The number of cyclic esters (lactones) is 1. The summed E-state index contributed by atoms with van der Waals surface area (Å²) in [5, 5.41) is 0. The molecular weight excluding hydrogens is 268 g/mol. The fourth-order valence-electron chi connectivity index (χ4n) is 2.14. The first-order chi connectivity index (χ1) is 9.49. The number of carbonyl (C=O) groups is 3. The zero-order valence-corrected chi connectivity index (χ0v) is 11.9. The lowest BCUT2D eigenvalue weighted by molar-refractivity contribution is -0.150. The Kier molecular flexibility index (Phi) is 6.60. The van der Waals surface area contributed by atoms with Crippen molar-refractivity contribution < 1.29 is 33.3 Å². The molecule has 0 aromatic rings. The van der Waals surface area contributed by atoms with Crippen LogP contribution in [0.15, 0.2) is 0 Å². The van der Waals surface area contributed by atoms with Crippen LogP contribution >= 0.6 is 0 Å². The number of carbonyl (C=O) groups excluding carboxylic acids is 3. The van der Waals surface area contributed by atoms with Crippen LogP contribution in [0.2, 0.25) is 0 Å². The van der Waals surface area contributed by atoms with Crippen molar-refractivity contribution in [2.75, 3.05) is 13.9 Å². The zero-order chi connectivity index (χ0) is 15.1. The van der Waals surface area contributed by atoms with Crippen LogP contribution < -0.4 is 0 Å². The molecule has 0 aromatic heterocycles. The monoisotopic (exact) mass is 288 g/mol. The molecule has 0 amide bonds. The van der Waals surface area contributed by atoms with Crippen molar-refractivity contribution in [3.8, 4) is 0 Å². The van der Waals surface area contributed by atoms with Crippen LogP contribution in [0.4, 0.5) is 0 Å². The van der Waals surface area contributed by atoms with Gasteiger partial charge in [0.15, 0.2) is 6.10 Å². The van der Waals surface area contributed by atoms with Crippen LogP contribution in [0, 0.1) is 5.92 Å². The number of esters is 2. The molecular formula is C13H20O7. The molecule has 0 aromatic carbocycles. The van der Waals surface area contributed by atoms with Crippen molar-refractivity contribution in [3.63, 3.8) is 0 Å². The molecule has 0 saturated carbocycles. The van der Waals surface area contributed by atoms with Gasteiger partial charge in [0, 0.05) is 14.0 Å². The fraction of sp³-hybridized carbons (Fsp3) is 0.769. The van der Waals surface area contributed by atoms with E-state index in [1.54, 1.807) is 6.92 Å². The summed E-state index contributed by atoms with van der Waals surface area (Å²) < 4.78 is 20.0. The number of rotatable bonds is 8. The van der Waals surface area contributed by atoms with Crippen molar-refractivity contribution in [2.45, 2.75) is 45.0 Å². The molecule has 0 aliphatic carbocycles. The third-order valence-corrected chi connectivity index (χ3v) is 3.08. The standard InChI is InChI=1S/C13H20O7/c1-8-12(20-9(2)15)11(13(16)19-8)5-4-10(6-14)18-7-17-3/h6,8,10-12H,4-5,7H2,1-3H3/t8-,10+,11?,12?/m0/s1. The Hall–Kier alpha value is -1.47. The summed E-state index contributed by atoms with van der Waals surface area (Å²) in [6.45, 7) is 2.95. The van der Waals surface area contributed by atoms with Gasteiger partial charge < -0.3 is 23.7 Å². The second-order valence-electron chi connectivity index (χ2n) is 4.65. The molecule has 20 heavy (non-hydrogen) atoms. The largest absolute Gasteiger partial charge is 0.458 e. The molecule has 0 spiro atoms. The molecule has 0 bridgehead atoms. The number of hydrogen-bond acceptors (Lipinski definition) is 7. The molecule has 114 valence electrons. The Morgan fingerprint density at radius 1 is 1.50 bits per heavy atom. The van der Waals surface area contributed by atoms with Crippen LogP contribution in [0.5, 0.6) is 0 Å². The summed E-state index contributed by atoms with van der Waals surface area (Å²) in [7, 11) is 1.45. The Bertz CT molecular complexity index is 355. The van der Waals surface area contributed by atoms with Gasteiger partial charge >= 0.3 is 11.9 Å². The van der Waals surface area contributed by atoms with Gasteiger partial charge in [-0.05, 0) is 19.8 Å². The minimum absolute atomic E-state index is 0.00228. The van der Waals surface area contributed by atoms with Crippen molar-refractivity contribution >= 4 is 18.2 Å². The number of methoxy groups -OCH3 is 1. The SMILES string of the molecule is COCO[C@@H](C=O)CCC1C(=O)O[C@@H](C)C1OC(C)=O. The van der Waals surface area contributed by atoms with E-state index in [4.69, 9.17) is 18.9 Å². The Morgan fingerprint density at radius 2 is 2.20 bits per heavy atom. The number of aldehydes is 1. The average Bonchev–Trinajstić information content (AvgIpc) is 2.64. The second-order valence-corrected chi connectivity index (χ2v) is 4.65. The molecule has 4 atom stereocenters. The minimum atomic E-state index is -0.656. The Morgan fingerprint density at radius 3 is 2.75 bits per heavy atom. The molecule has 1 aliphatic heterocycles. The highest BCUT2D eigenvalue weighted by molar-refractivity contribution is 5.77. The summed E-state index contributed by atoms with van der Waals surface area (Å²) >= 11 is 0. The van der Waals surface area contributed by atoms with Crippen molar-refractivity contribution in [2.24, 2.45) is 5.92 Å². The Labute approximate surface area is 117 Å². The maximum atomic E-state index is 11.7. The zero-order valence-electron chi connectivity index (χ0n) is 11.9. The molecule has 0 N–H and O–H groups in total. The fourth-order valence-corrected chi connectivity index (χ4v) is 2.14. The van der Waals surface area contributed by atoms with Crippen LogP contribution in [0.1, 0.15) is 26.7 Å².